The topological polar surface area (TPSA) is 27.7 Å². The molecule has 0 saturated heterocycles. The minimum absolute atomic E-state index is 0.365. The Hall–Kier alpha value is 0.447. The zero-order valence-corrected chi connectivity index (χ0v) is 38.0. The van der Waals surface area contributed by atoms with Crippen molar-refractivity contribution >= 4 is 22.6 Å². The molecule has 51 heavy (non-hydrogen) atoms. The van der Waals surface area contributed by atoms with E-state index < -0.39 is 15.8 Å². The summed E-state index contributed by atoms with van der Waals surface area (Å²) >= 11 is 4.75. The Morgan fingerprint density at radius 2 is 0.725 bits per heavy atom. The lowest BCUT2D eigenvalue weighted by molar-refractivity contribution is -0.201. The van der Waals surface area contributed by atoms with Crippen LogP contribution in [0.25, 0.3) is 0 Å². The van der Waals surface area contributed by atoms with Crippen LogP contribution in [-0.4, -0.2) is 34.3 Å². The highest BCUT2D eigenvalue weighted by Gasteiger charge is 2.31. The molecule has 2 unspecified atom stereocenters. The standard InChI is InChI=1S/C46H96O3SSi/c1-5-8-11-14-17-20-23-24-25-27-30-33-36-39-44-48-51-49-46(42-40-45(4)50,41-37-34-31-28-26-21-18-15-12-9-6-2)47-43-38-35-32-29-22-19-16-13-10-7-3/h45,50H,5-44,51H2,1-4H3. The predicted octanol–water partition coefficient (Wildman–Crippen LogP) is 15.9. The fourth-order valence-corrected chi connectivity index (χ4v) is 8.52. The molecule has 3 nitrogen and oxygen atoms in total. The van der Waals surface area contributed by atoms with E-state index in [4.69, 9.17) is 26.2 Å². The van der Waals surface area contributed by atoms with Gasteiger partial charge in [0.25, 0.3) is 0 Å². The molecule has 0 amide bonds. The zero-order chi connectivity index (χ0) is 37.2. The van der Waals surface area contributed by atoms with Gasteiger partial charge in [-0.1, -0.05) is 233 Å². The molecule has 0 fully saturated rings. The summed E-state index contributed by atoms with van der Waals surface area (Å²) in [6.07, 6.45) is 51.1. The Balaban J connectivity index is 4.47. The van der Waals surface area contributed by atoms with Gasteiger partial charge >= 0.3 is 10.0 Å². The van der Waals surface area contributed by atoms with Crippen molar-refractivity contribution in [2.75, 3.05) is 13.2 Å². The maximum atomic E-state index is 6.77. The summed E-state index contributed by atoms with van der Waals surface area (Å²) in [6, 6.07) is 0. The molecule has 0 heterocycles. The summed E-state index contributed by atoms with van der Waals surface area (Å²) in [5.41, 5.74) is 0. The average Bonchev–Trinajstić information content (AvgIpc) is 3.13. The Kier molecular flexibility index (Phi) is 43.6. The molecule has 0 aliphatic heterocycles. The Labute approximate surface area is 330 Å². The van der Waals surface area contributed by atoms with Gasteiger partial charge in [0.15, 0.2) is 5.79 Å². The second-order valence-corrected chi connectivity index (χ2v) is 18.2. The van der Waals surface area contributed by atoms with E-state index in [0.29, 0.717) is 5.25 Å². The first-order valence-electron chi connectivity index (χ1n) is 23.6. The van der Waals surface area contributed by atoms with E-state index in [1.807, 2.05) is 0 Å². The SMILES string of the molecule is CCCCCCCCCCCCCCCCO[SiH2]OC(CCCCCCCCCCCCC)(CCC(C)S)OCCCCCCCCCCCC. The van der Waals surface area contributed by atoms with Crippen LogP contribution in [0.15, 0.2) is 0 Å². The average molecular weight is 757 g/mol. The lowest BCUT2D eigenvalue weighted by atomic mass is 9.99. The molecule has 0 aromatic rings. The molecule has 0 aromatic carbocycles. The van der Waals surface area contributed by atoms with E-state index in [1.54, 1.807) is 0 Å². The molecule has 0 saturated carbocycles. The van der Waals surface area contributed by atoms with Crippen molar-refractivity contribution in [3.05, 3.63) is 0 Å². The van der Waals surface area contributed by atoms with E-state index in [-0.39, 0.29) is 0 Å². The first kappa shape index (κ1) is 51.4. The summed E-state index contributed by atoms with van der Waals surface area (Å²) in [7, 11) is -1.07. The van der Waals surface area contributed by atoms with Crippen LogP contribution >= 0.6 is 12.6 Å². The molecular weight excluding hydrogens is 661 g/mol. The minimum Gasteiger partial charge on any atom is -0.399 e. The third-order valence-corrected chi connectivity index (χ3v) is 12.4. The highest BCUT2D eigenvalue weighted by molar-refractivity contribution is 7.80. The van der Waals surface area contributed by atoms with Crippen LogP contribution in [-0.2, 0) is 13.6 Å². The Bertz CT molecular complexity index is 608. The molecule has 308 valence electrons. The maximum Gasteiger partial charge on any atom is 0.307 e. The summed E-state index contributed by atoms with van der Waals surface area (Å²) in [5, 5.41) is 0.365. The molecule has 0 N–H and O–H groups in total. The summed E-state index contributed by atoms with van der Waals surface area (Å²) in [4.78, 5) is 0. The number of ether oxygens (including phenoxy) is 1. The highest BCUT2D eigenvalue weighted by Crippen LogP contribution is 2.30. The molecule has 0 rings (SSSR count). The second-order valence-electron chi connectivity index (χ2n) is 16.4. The highest BCUT2D eigenvalue weighted by atomic mass is 32.1. The van der Waals surface area contributed by atoms with E-state index in [9.17, 15) is 0 Å². The predicted molar refractivity (Wildman–Crippen MR) is 235 cm³/mol. The summed E-state index contributed by atoms with van der Waals surface area (Å²) < 4.78 is 19.7. The molecule has 0 spiro atoms. The molecule has 0 bridgehead atoms. The van der Waals surface area contributed by atoms with Crippen LogP contribution in [0.1, 0.15) is 272 Å². The van der Waals surface area contributed by atoms with E-state index >= 15 is 0 Å². The Morgan fingerprint density at radius 1 is 0.412 bits per heavy atom. The van der Waals surface area contributed by atoms with Crippen LogP contribution in [0.2, 0.25) is 0 Å². The quantitative estimate of drug-likeness (QED) is 0.0290. The van der Waals surface area contributed by atoms with Crippen molar-refractivity contribution in [3.8, 4) is 0 Å². The van der Waals surface area contributed by atoms with Crippen molar-refractivity contribution < 1.29 is 13.6 Å². The van der Waals surface area contributed by atoms with Gasteiger partial charge in [0.2, 0.25) is 0 Å². The molecule has 2 atom stereocenters. The molecule has 0 aliphatic carbocycles. The van der Waals surface area contributed by atoms with Crippen LogP contribution in [0.5, 0.6) is 0 Å². The zero-order valence-electron chi connectivity index (χ0n) is 35.7. The van der Waals surface area contributed by atoms with Crippen molar-refractivity contribution in [1.82, 2.24) is 0 Å². The largest absolute Gasteiger partial charge is 0.399 e. The van der Waals surface area contributed by atoms with E-state index in [0.717, 1.165) is 38.9 Å². The van der Waals surface area contributed by atoms with Crippen molar-refractivity contribution in [2.24, 2.45) is 0 Å². The van der Waals surface area contributed by atoms with Gasteiger partial charge in [-0.25, -0.2) is 0 Å². The number of rotatable bonds is 45. The molecular formula is C46H96O3SSi. The summed E-state index contributed by atoms with van der Waals surface area (Å²) in [5.74, 6) is -0.461. The van der Waals surface area contributed by atoms with Crippen LogP contribution in [0, 0.1) is 0 Å². The smallest absolute Gasteiger partial charge is 0.307 e. The van der Waals surface area contributed by atoms with Gasteiger partial charge < -0.3 is 13.6 Å². The number of thiol groups is 1. The van der Waals surface area contributed by atoms with Crippen molar-refractivity contribution in [1.29, 1.82) is 0 Å². The lowest BCUT2D eigenvalue weighted by Crippen LogP contribution is -2.39. The third kappa shape index (κ3) is 39.9. The van der Waals surface area contributed by atoms with Crippen LogP contribution < -0.4 is 0 Å². The fourth-order valence-electron chi connectivity index (χ4n) is 7.40. The number of hydrogen-bond acceptors (Lipinski definition) is 4. The van der Waals surface area contributed by atoms with Gasteiger partial charge in [-0.15, -0.1) is 0 Å². The monoisotopic (exact) mass is 757 g/mol. The third-order valence-electron chi connectivity index (χ3n) is 11.0. The van der Waals surface area contributed by atoms with Gasteiger partial charge in [0.1, 0.15) is 0 Å². The molecule has 0 radical (unpaired) electrons. The summed E-state index contributed by atoms with van der Waals surface area (Å²) in [6.45, 7) is 10.8. The van der Waals surface area contributed by atoms with Gasteiger partial charge in [-0.05, 0) is 30.9 Å². The lowest BCUT2D eigenvalue weighted by Gasteiger charge is -2.35. The minimum atomic E-state index is -1.07. The first-order chi connectivity index (χ1) is 25.1. The van der Waals surface area contributed by atoms with Crippen molar-refractivity contribution in [3.63, 3.8) is 0 Å². The Morgan fingerprint density at radius 3 is 1.08 bits per heavy atom. The number of unbranched alkanes of at least 4 members (excludes halogenated alkanes) is 32. The first-order valence-corrected chi connectivity index (χ1v) is 25.3. The normalized spacial score (nSPS) is 13.8. The van der Waals surface area contributed by atoms with Crippen molar-refractivity contribution in [2.45, 2.75) is 283 Å². The van der Waals surface area contributed by atoms with Gasteiger partial charge in [0.05, 0.1) is 0 Å². The van der Waals surface area contributed by atoms with E-state index in [2.05, 4.69) is 27.7 Å². The second kappa shape index (κ2) is 43.2. The van der Waals surface area contributed by atoms with Gasteiger partial charge in [0, 0.05) is 26.1 Å². The fraction of sp³-hybridized carbons (Fsp3) is 1.00. The maximum absolute atomic E-state index is 6.77. The molecule has 0 aromatic heterocycles. The van der Waals surface area contributed by atoms with E-state index in [1.165, 1.54) is 218 Å². The van der Waals surface area contributed by atoms with Crippen LogP contribution in [0.3, 0.4) is 0 Å². The molecule has 0 aliphatic rings. The van der Waals surface area contributed by atoms with Gasteiger partial charge in [-0.3, -0.25) is 0 Å². The van der Waals surface area contributed by atoms with Crippen LogP contribution in [0.4, 0.5) is 0 Å². The molecule has 5 heteroatoms. The number of hydrogen-bond donors (Lipinski definition) is 1. The van der Waals surface area contributed by atoms with Gasteiger partial charge in [-0.2, -0.15) is 12.6 Å².